The molecule has 0 aliphatic carbocycles. The minimum Gasteiger partial charge on any atom is -0.361 e. The maximum absolute atomic E-state index is 12.6. The van der Waals surface area contributed by atoms with Gasteiger partial charge in [0, 0.05) is 42.8 Å². The summed E-state index contributed by atoms with van der Waals surface area (Å²) in [5.74, 6) is 0.374. The number of nitrogens with zero attached hydrogens (tertiary/aromatic N) is 3. The Kier molecular flexibility index (Phi) is 4.85. The van der Waals surface area contributed by atoms with Crippen molar-refractivity contribution in [3.63, 3.8) is 0 Å². The van der Waals surface area contributed by atoms with E-state index < -0.39 is 0 Å². The zero-order valence-corrected chi connectivity index (χ0v) is 14.1. The van der Waals surface area contributed by atoms with E-state index in [2.05, 4.69) is 5.16 Å². The average Bonchev–Trinajstić information content (AvgIpc) is 2.86. The van der Waals surface area contributed by atoms with Crippen LogP contribution in [0.15, 0.2) is 34.9 Å². The third kappa shape index (κ3) is 3.59. The van der Waals surface area contributed by atoms with Crippen molar-refractivity contribution in [2.45, 2.75) is 13.3 Å². The van der Waals surface area contributed by atoms with Crippen LogP contribution in [-0.2, 0) is 0 Å². The number of aryl methyl sites for hydroxylation is 1. The van der Waals surface area contributed by atoms with Crippen molar-refractivity contribution >= 4 is 23.4 Å². The van der Waals surface area contributed by atoms with Crippen molar-refractivity contribution in [2.75, 3.05) is 26.2 Å². The van der Waals surface area contributed by atoms with Crippen LogP contribution in [0.1, 0.15) is 33.0 Å². The van der Waals surface area contributed by atoms with Gasteiger partial charge in [0.15, 0.2) is 5.69 Å². The summed E-state index contributed by atoms with van der Waals surface area (Å²) < 4.78 is 4.96. The van der Waals surface area contributed by atoms with Crippen LogP contribution in [0.25, 0.3) is 0 Å². The normalized spacial score (nSPS) is 15.2. The monoisotopic (exact) mass is 347 g/mol. The van der Waals surface area contributed by atoms with E-state index in [4.69, 9.17) is 16.1 Å². The maximum Gasteiger partial charge on any atom is 0.276 e. The molecule has 0 saturated carbocycles. The first-order valence-electron chi connectivity index (χ1n) is 7.82. The third-order valence-corrected chi connectivity index (χ3v) is 4.22. The summed E-state index contributed by atoms with van der Waals surface area (Å²) in [5.41, 5.74) is 0.872. The van der Waals surface area contributed by atoms with Crippen LogP contribution in [0.5, 0.6) is 0 Å². The van der Waals surface area contributed by atoms with Gasteiger partial charge in [-0.1, -0.05) is 22.8 Å². The molecule has 1 aliphatic heterocycles. The molecule has 0 atom stereocenters. The van der Waals surface area contributed by atoms with E-state index in [0.29, 0.717) is 48.2 Å². The quantitative estimate of drug-likeness (QED) is 0.837. The van der Waals surface area contributed by atoms with Gasteiger partial charge in [0.2, 0.25) is 0 Å². The highest BCUT2D eigenvalue weighted by molar-refractivity contribution is 6.30. The van der Waals surface area contributed by atoms with E-state index in [0.717, 1.165) is 6.42 Å². The van der Waals surface area contributed by atoms with Gasteiger partial charge in [-0.25, -0.2) is 0 Å². The number of rotatable bonds is 2. The highest BCUT2D eigenvalue weighted by atomic mass is 35.5. The largest absolute Gasteiger partial charge is 0.361 e. The average molecular weight is 348 g/mol. The van der Waals surface area contributed by atoms with E-state index in [1.54, 1.807) is 47.1 Å². The molecule has 2 aromatic rings. The SMILES string of the molecule is Cc1cc(C(=O)N2CCCN(C(=O)c3cccc(Cl)c3)CC2)no1. The molecule has 2 amide bonds. The Morgan fingerprint density at radius 1 is 1.08 bits per heavy atom. The third-order valence-electron chi connectivity index (χ3n) is 3.99. The zero-order chi connectivity index (χ0) is 17.1. The minimum atomic E-state index is -0.163. The molecule has 0 spiro atoms. The molecule has 1 aliphatic rings. The summed E-state index contributed by atoms with van der Waals surface area (Å²) in [5, 5.41) is 4.31. The number of benzene rings is 1. The van der Waals surface area contributed by atoms with Crippen molar-refractivity contribution < 1.29 is 14.1 Å². The first-order valence-corrected chi connectivity index (χ1v) is 8.20. The summed E-state index contributed by atoms with van der Waals surface area (Å²) >= 11 is 5.96. The van der Waals surface area contributed by atoms with Crippen LogP contribution in [0.4, 0.5) is 0 Å². The molecule has 0 unspecified atom stereocenters. The Labute approximate surface area is 145 Å². The Bertz CT molecular complexity index is 759. The van der Waals surface area contributed by atoms with Crippen LogP contribution >= 0.6 is 11.6 Å². The van der Waals surface area contributed by atoms with Crippen molar-refractivity contribution in [2.24, 2.45) is 0 Å². The van der Waals surface area contributed by atoms with E-state index in [-0.39, 0.29) is 11.8 Å². The molecule has 0 N–H and O–H groups in total. The number of hydrogen-bond acceptors (Lipinski definition) is 4. The minimum absolute atomic E-state index is 0.0657. The Hall–Kier alpha value is -2.34. The highest BCUT2D eigenvalue weighted by Crippen LogP contribution is 2.15. The molecule has 1 fully saturated rings. The van der Waals surface area contributed by atoms with Crippen molar-refractivity contribution in [1.29, 1.82) is 0 Å². The van der Waals surface area contributed by atoms with Crippen LogP contribution in [0, 0.1) is 6.92 Å². The predicted molar refractivity (Wildman–Crippen MR) is 89.1 cm³/mol. The second-order valence-corrected chi connectivity index (χ2v) is 6.21. The molecular formula is C17H18ClN3O3. The summed E-state index contributed by atoms with van der Waals surface area (Å²) in [6.07, 6.45) is 0.717. The molecule has 7 heteroatoms. The zero-order valence-electron chi connectivity index (χ0n) is 13.4. The standard InChI is InChI=1S/C17H18ClN3O3/c1-12-10-15(19-24-12)17(23)21-7-3-6-20(8-9-21)16(22)13-4-2-5-14(18)11-13/h2,4-5,10-11H,3,6-9H2,1H3. The van der Waals surface area contributed by atoms with E-state index >= 15 is 0 Å². The summed E-state index contributed by atoms with van der Waals surface area (Å²) in [6, 6.07) is 8.54. The molecule has 1 saturated heterocycles. The molecule has 1 aromatic carbocycles. The Balaban J connectivity index is 1.66. The van der Waals surface area contributed by atoms with Gasteiger partial charge in [-0.05, 0) is 31.5 Å². The molecule has 6 nitrogen and oxygen atoms in total. The van der Waals surface area contributed by atoms with Gasteiger partial charge in [-0.3, -0.25) is 9.59 Å². The second kappa shape index (κ2) is 7.05. The summed E-state index contributed by atoms with van der Waals surface area (Å²) in [4.78, 5) is 28.5. The second-order valence-electron chi connectivity index (χ2n) is 5.77. The van der Waals surface area contributed by atoms with E-state index in [9.17, 15) is 9.59 Å². The van der Waals surface area contributed by atoms with E-state index in [1.807, 2.05) is 0 Å². The molecule has 3 rings (SSSR count). The topological polar surface area (TPSA) is 66.7 Å². The lowest BCUT2D eigenvalue weighted by molar-refractivity contribution is 0.0713. The smallest absolute Gasteiger partial charge is 0.276 e. The number of carbonyl (C=O) groups is 2. The number of hydrogen-bond donors (Lipinski definition) is 0. The number of amides is 2. The van der Waals surface area contributed by atoms with E-state index in [1.165, 1.54) is 0 Å². The fourth-order valence-electron chi connectivity index (χ4n) is 2.76. The van der Waals surface area contributed by atoms with Gasteiger partial charge >= 0.3 is 0 Å². The van der Waals surface area contributed by atoms with Gasteiger partial charge < -0.3 is 14.3 Å². The number of halogens is 1. The number of carbonyl (C=O) groups excluding carboxylic acids is 2. The fourth-order valence-corrected chi connectivity index (χ4v) is 2.95. The van der Waals surface area contributed by atoms with Crippen LogP contribution < -0.4 is 0 Å². The lowest BCUT2D eigenvalue weighted by atomic mass is 10.2. The van der Waals surface area contributed by atoms with Gasteiger partial charge in [0.05, 0.1) is 0 Å². The van der Waals surface area contributed by atoms with Crippen molar-refractivity contribution in [1.82, 2.24) is 15.0 Å². The van der Waals surface area contributed by atoms with Crippen LogP contribution in [0.2, 0.25) is 5.02 Å². The summed E-state index contributed by atoms with van der Waals surface area (Å²) in [7, 11) is 0. The van der Waals surface area contributed by atoms with Crippen LogP contribution in [0.3, 0.4) is 0 Å². The molecule has 24 heavy (non-hydrogen) atoms. The number of aromatic nitrogens is 1. The lowest BCUT2D eigenvalue weighted by Crippen LogP contribution is -2.37. The van der Waals surface area contributed by atoms with Crippen LogP contribution in [-0.4, -0.2) is 52.9 Å². The molecule has 2 heterocycles. The van der Waals surface area contributed by atoms with Gasteiger partial charge in [-0.2, -0.15) is 0 Å². The van der Waals surface area contributed by atoms with Crippen molar-refractivity contribution in [3.8, 4) is 0 Å². The van der Waals surface area contributed by atoms with Gasteiger partial charge in [0.1, 0.15) is 5.76 Å². The lowest BCUT2D eigenvalue weighted by Gasteiger charge is -2.21. The van der Waals surface area contributed by atoms with Gasteiger partial charge in [0.25, 0.3) is 11.8 Å². The Morgan fingerprint density at radius 2 is 1.79 bits per heavy atom. The summed E-state index contributed by atoms with van der Waals surface area (Å²) in [6.45, 7) is 3.89. The molecule has 1 aromatic heterocycles. The molecule has 126 valence electrons. The first-order chi connectivity index (χ1) is 11.5. The molecular weight excluding hydrogens is 330 g/mol. The Morgan fingerprint density at radius 3 is 2.42 bits per heavy atom. The maximum atomic E-state index is 12.6. The van der Waals surface area contributed by atoms with Gasteiger partial charge in [-0.15, -0.1) is 0 Å². The highest BCUT2D eigenvalue weighted by Gasteiger charge is 2.25. The fraction of sp³-hybridized carbons (Fsp3) is 0.353. The molecule has 0 radical (unpaired) electrons. The first kappa shape index (κ1) is 16.5. The predicted octanol–water partition coefficient (Wildman–Crippen LogP) is 2.62. The molecule has 0 bridgehead atoms. The van der Waals surface area contributed by atoms with Crippen molar-refractivity contribution in [3.05, 3.63) is 52.4 Å².